The SMILES string of the molecule is C#CC(=O)NC(C)(C)C.CC(C)(C)Oc1ccc(C(=O)O)cc1. The Bertz CT molecular complexity index is 569. The summed E-state index contributed by atoms with van der Waals surface area (Å²) in [7, 11) is 0. The number of aromatic carboxylic acids is 1. The quantitative estimate of drug-likeness (QED) is 0.821. The van der Waals surface area contributed by atoms with Gasteiger partial charge in [0.1, 0.15) is 11.4 Å². The van der Waals surface area contributed by atoms with Crippen molar-refractivity contribution < 1.29 is 19.4 Å². The number of hydrogen-bond donors (Lipinski definition) is 2. The zero-order valence-corrected chi connectivity index (χ0v) is 14.6. The van der Waals surface area contributed by atoms with Crippen LogP contribution in [0.3, 0.4) is 0 Å². The van der Waals surface area contributed by atoms with E-state index in [0.717, 1.165) is 0 Å². The molecule has 0 atom stereocenters. The fraction of sp³-hybridized carbons (Fsp3) is 0.444. The number of hydrogen-bond acceptors (Lipinski definition) is 3. The molecule has 0 bridgehead atoms. The molecule has 1 aromatic carbocycles. The molecule has 5 nitrogen and oxygen atoms in total. The van der Waals surface area contributed by atoms with Crippen LogP contribution >= 0.6 is 0 Å². The first-order valence-electron chi connectivity index (χ1n) is 7.15. The predicted octanol–water partition coefficient (Wildman–Crippen LogP) is 3.10. The molecule has 2 N–H and O–H groups in total. The van der Waals surface area contributed by atoms with E-state index < -0.39 is 5.97 Å². The van der Waals surface area contributed by atoms with Crippen LogP contribution in [0, 0.1) is 12.3 Å². The van der Waals surface area contributed by atoms with E-state index in [2.05, 4.69) is 5.32 Å². The number of terminal acetylenes is 1. The molecule has 0 saturated carbocycles. The molecule has 0 aromatic heterocycles. The number of benzene rings is 1. The van der Waals surface area contributed by atoms with Gasteiger partial charge in [-0.2, -0.15) is 0 Å². The van der Waals surface area contributed by atoms with Crippen molar-refractivity contribution in [3.05, 3.63) is 29.8 Å². The molecule has 23 heavy (non-hydrogen) atoms. The van der Waals surface area contributed by atoms with Crippen molar-refractivity contribution >= 4 is 11.9 Å². The van der Waals surface area contributed by atoms with Gasteiger partial charge in [-0.15, -0.1) is 6.42 Å². The third-order valence-electron chi connectivity index (χ3n) is 2.14. The molecule has 0 saturated heterocycles. The van der Waals surface area contributed by atoms with Crippen molar-refractivity contribution in [2.45, 2.75) is 52.7 Å². The lowest BCUT2D eigenvalue weighted by Gasteiger charge is -2.21. The van der Waals surface area contributed by atoms with Gasteiger partial charge in [0, 0.05) is 5.54 Å². The van der Waals surface area contributed by atoms with Gasteiger partial charge in [-0.05, 0) is 71.7 Å². The topological polar surface area (TPSA) is 75.6 Å². The number of amides is 1. The van der Waals surface area contributed by atoms with E-state index in [1.165, 1.54) is 12.1 Å². The molecule has 0 spiro atoms. The van der Waals surface area contributed by atoms with Gasteiger partial charge < -0.3 is 15.2 Å². The Labute approximate surface area is 138 Å². The lowest BCUT2D eigenvalue weighted by Crippen LogP contribution is -2.39. The van der Waals surface area contributed by atoms with E-state index in [0.29, 0.717) is 5.75 Å². The van der Waals surface area contributed by atoms with E-state index in [4.69, 9.17) is 16.3 Å². The predicted molar refractivity (Wildman–Crippen MR) is 90.5 cm³/mol. The fourth-order valence-corrected chi connectivity index (χ4v) is 1.40. The van der Waals surface area contributed by atoms with Gasteiger partial charge in [0.25, 0.3) is 5.91 Å². The first-order valence-corrected chi connectivity index (χ1v) is 7.15. The molecule has 0 aliphatic heterocycles. The monoisotopic (exact) mass is 319 g/mol. The van der Waals surface area contributed by atoms with Crippen LogP contribution in [0.4, 0.5) is 0 Å². The number of carbonyl (C=O) groups is 2. The standard InChI is InChI=1S/C11H14O3.C7H11NO/c1-11(2,3)14-9-6-4-8(5-7-9)10(12)13;1-5-6(9)8-7(2,3)4/h4-7H,1-3H3,(H,12,13);1H,2-4H3,(H,8,9). The summed E-state index contributed by atoms with van der Waals surface area (Å²) in [4.78, 5) is 21.0. The number of carboxylic acid groups (broad SMARTS) is 1. The third-order valence-corrected chi connectivity index (χ3v) is 2.14. The van der Waals surface area contributed by atoms with Crippen molar-refractivity contribution in [3.8, 4) is 18.1 Å². The first-order chi connectivity index (χ1) is 10.3. The summed E-state index contributed by atoms with van der Waals surface area (Å²) in [5, 5.41) is 11.3. The highest BCUT2D eigenvalue weighted by Gasteiger charge is 2.12. The van der Waals surface area contributed by atoms with Crippen LogP contribution in [0.1, 0.15) is 51.9 Å². The lowest BCUT2D eigenvalue weighted by molar-refractivity contribution is -0.117. The van der Waals surface area contributed by atoms with Crippen LogP contribution < -0.4 is 10.1 Å². The molecule has 1 amide bonds. The van der Waals surface area contributed by atoms with Gasteiger partial charge in [-0.3, -0.25) is 4.79 Å². The molecule has 126 valence electrons. The van der Waals surface area contributed by atoms with Crippen molar-refractivity contribution in [1.29, 1.82) is 0 Å². The zero-order valence-electron chi connectivity index (χ0n) is 14.6. The molecule has 0 aliphatic carbocycles. The van der Waals surface area contributed by atoms with E-state index >= 15 is 0 Å². The lowest BCUT2D eigenvalue weighted by atomic mass is 10.1. The van der Waals surface area contributed by atoms with Crippen LogP contribution in [0.25, 0.3) is 0 Å². The summed E-state index contributed by atoms with van der Waals surface area (Å²) < 4.78 is 5.54. The van der Waals surface area contributed by atoms with Crippen molar-refractivity contribution in [3.63, 3.8) is 0 Å². The Morgan fingerprint density at radius 1 is 1.09 bits per heavy atom. The van der Waals surface area contributed by atoms with Gasteiger partial charge in [0.15, 0.2) is 0 Å². The second-order valence-electron chi connectivity index (χ2n) is 6.89. The highest BCUT2D eigenvalue weighted by atomic mass is 16.5. The van der Waals surface area contributed by atoms with E-state index in [1.54, 1.807) is 12.1 Å². The smallest absolute Gasteiger partial charge is 0.335 e. The summed E-state index contributed by atoms with van der Waals surface area (Å²) in [5.41, 5.74) is -0.208. The number of nitrogens with one attached hydrogen (secondary N) is 1. The Balaban J connectivity index is 0.000000468. The minimum atomic E-state index is -0.924. The number of carbonyl (C=O) groups excluding carboxylic acids is 1. The van der Waals surface area contributed by atoms with Crippen molar-refractivity contribution in [1.82, 2.24) is 5.32 Å². The molecule has 0 radical (unpaired) electrons. The summed E-state index contributed by atoms with van der Waals surface area (Å²) in [6.07, 6.45) is 4.82. The summed E-state index contributed by atoms with van der Waals surface area (Å²) in [6, 6.07) is 6.39. The van der Waals surface area contributed by atoms with Gasteiger partial charge in [-0.25, -0.2) is 4.79 Å². The fourth-order valence-electron chi connectivity index (χ4n) is 1.40. The van der Waals surface area contributed by atoms with Crippen LogP contribution in [0.2, 0.25) is 0 Å². The summed E-state index contributed by atoms with van der Waals surface area (Å²) in [6.45, 7) is 11.5. The van der Waals surface area contributed by atoms with Gasteiger partial charge in [0.05, 0.1) is 5.56 Å². The van der Waals surface area contributed by atoms with Crippen molar-refractivity contribution in [2.75, 3.05) is 0 Å². The Morgan fingerprint density at radius 2 is 1.57 bits per heavy atom. The maximum Gasteiger partial charge on any atom is 0.335 e. The second kappa shape index (κ2) is 8.23. The number of ether oxygens (including phenoxy) is 1. The third kappa shape index (κ3) is 10.8. The number of rotatable bonds is 2. The Kier molecular flexibility index (Phi) is 7.34. The summed E-state index contributed by atoms with van der Waals surface area (Å²) >= 11 is 0. The van der Waals surface area contributed by atoms with E-state index in [-0.39, 0.29) is 22.6 Å². The number of carboxylic acids is 1. The first kappa shape index (κ1) is 20.5. The molecule has 0 heterocycles. The molecule has 0 fully saturated rings. The molecular weight excluding hydrogens is 294 g/mol. The molecular formula is C18H25NO4. The minimum absolute atomic E-state index is 0.219. The molecule has 1 aromatic rings. The zero-order chi connectivity index (χ0) is 18.3. The largest absolute Gasteiger partial charge is 0.488 e. The maximum atomic E-state index is 10.6. The van der Waals surface area contributed by atoms with Crippen LogP contribution in [-0.2, 0) is 4.79 Å². The average Bonchev–Trinajstić information content (AvgIpc) is 2.36. The molecule has 1 rings (SSSR count). The van der Waals surface area contributed by atoms with E-state index in [9.17, 15) is 9.59 Å². The van der Waals surface area contributed by atoms with Gasteiger partial charge >= 0.3 is 5.97 Å². The Hall–Kier alpha value is -2.48. The molecule has 5 heteroatoms. The second-order valence-corrected chi connectivity index (χ2v) is 6.89. The molecule has 0 aliphatic rings. The van der Waals surface area contributed by atoms with Gasteiger partial charge in [-0.1, -0.05) is 0 Å². The van der Waals surface area contributed by atoms with Crippen LogP contribution in [0.15, 0.2) is 24.3 Å². The average molecular weight is 319 g/mol. The van der Waals surface area contributed by atoms with Gasteiger partial charge in [0.2, 0.25) is 0 Å². The van der Waals surface area contributed by atoms with Crippen LogP contribution in [-0.4, -0.2) is 28.1 Å². The van der Waals surface area contributed by atoms with Crippen molar-refractivity contribution in [2.24, 2.45) is 0 Å². The molecule has 0 unspecified atom stereocenters. The maximum absolute atomic E-state index is 10.6. The van der Waals surface area contributed by atoms with E-state index in [1.807, 2.05) is 47.5 Å². The van der Waals surface area contributed by atoms with Crippen LogP contribution in [0.5, 0.6) is 5.75 Å². The summed E-state index contributed by atoms with van der Waals surface area (Å²) in [5.74, 6) is 1.37. The highest BCUT2D eigenvalue weighted by Crippen LogP contribution is 2.18. The minimum Gasteiger partial charge on any atom is -0.488 e. The highest BCUT2D eigenvalue weighted by molar-refractivity contribution is 5.93. The normalized spacial score (nSPS) is 10.7. The Morgan fingerprint density at radius 3 is 1.83 bits per heavy atom.